The number of hydrogen-bond donors (Lipinski definition) is 1. The van der Waals surface area contributed by atoms with Crippen LogP contribution < -0.4 is 10.9 Å². The maximum atomic E-state index is 13.6. The number of hydrogen-bond acceptors (Lipinski definition) is 2. The van der Waals surface area contributed by atoms with Gasteiger partial charge in [0.05, 0.1) is 5.39 Å². The van der Waals surface area contributed by atoms with Crippen LogP contribution in [-0.2, 0) is 6.54 Å². The van der Waals surface area contributed by atoms with Crippen molar-refractivity contribution >= 4 is 22.4 Å². The molecule has 0 bridgehead atoms. The van der Waals surface area contributed by atoms with Crippen LogP contribution in [0.5, 0.6) is 0 Å². The average molecular weight is 370 g/mol. The molecule has 0 radical (unpaired) electrons. The summed E-state index contributed by atoms with van der Waals surface area (Å²) in [6.45, 7) is 4.22. The highest BCUT2D eigenvalue weighted by atomic mass is 19.2. The van der Waals surface area contributed by atoms with E-state index in [9.17, 15) is 18.4 Å². The maximum Gasteiger partial charge on any atom is 0.272 e. The number of aryl methyl sites for hydroxylation is 1. The zero-order chi connectivity index (χ0) is 19.6. The summed E-state index contributed by atoms with van der Waals surface area (Å²) < 4.78 is 28.5. The number of anilines is 1. The molecule has 3 rings (SSSR count). The molecule has 3 aromatic rings. The molecule has 27 heavy (non-hydrogen) atoms. The van der Waals surface area contributed by atoms with Gasteiger partial charge in [-0.15, -0.1) is 0 Å². The summed E-state index contributed by atoms with van der Waals surface area (Å²) in [7, 11) is 0. The molecule has 6 heteroatoms. The molecule has 0 aliphatic heterocycles. The zero-order valence-electron chi connectivity index (χ0n) is 15.2. The first-order chi connectivity index (χ1) is 12.9. The minimum atomic E-state index is -1.08. The van der Waals surface area contributed by atoms with Gasteiger partial charge in [-0.1, -0.05) is 31.0 Å². The van der Waals surface area contributed by atoms with E-state index in [1.165, 1.54) is 10.6 Å². The molecular weight excluding hydrogens is 350 g/mol. The number of halogens is 2. The summed E-state index contributed by atoms with van der Waals surface area (Å²) in [6.07, 6.45) is 1.50. The van der Waals surface area contributed by atoms with Gasteiger partial charge in [-0.25, -0.2) is 8.78 Å². The number of carbonyl (C=O) groups excluding carboxylic acids is 1. The maximum absolute atomic E-state index is 13.6. The van der Waals surface area contributed by atoms with Gasteiger partial charge in [0.1, 0.15) is 5.69 Å². The Morgan fingerprint density at radius 3 is 2.41 bits per heavy atom. The van der Waals surface area contributed by atoms with Crippen molar-refractivity contribution in [1.82, 2.24) is 4.57 Å². The predicted octanol–water partition coefficient (Wildman–Crippen LogP) is 4.64. The van der Waals surface area contributed by atoms with Gasteiger partial charge in [0.2, 0.25) is 0 Å². The van der Waals surface area contributed by atoms with E-state index in [0.717, 1.165) is 24.1 Å². The van der Waals surface area contributed by atoms with Gasteiger partial charge in [-0.05, 0) is 49.1 Å². The van der Waals surface area contributed by atoms with Gasteiger partial charge in [0.25, 0.3) is 11.5 Å². The number of amides is 1. The number of pyridine rings is 1. The van der Waals surface area contributed by atoms with Crippen molar-refractivity contribution in [3.05, 3.63) is 75.7 Å². The molecule has 0 aliphatic rings. The number of benzene rings is 2. The standard InChI is InChI=1S/C21H20F2N2O2/c1-3-4-9-25-19(20(26)24-15-7-5-13(2)6-8-15)11-14-10-17(22)18(23)12-16(14)21(25)27/h5-8,10-12H,3-4,9H2,1-2H3,(H,24,26). The lowest BCUT2D eigenvalue weighted by atomic mass is 10.1. The van der Waals surface area contributed by atoms with Crippen LogP contribution in [0.4, 0.5) is 14.5 Å². The van der Waals surface area contributed by atoms with Crippen molar-refractivity contribution in [2.24, 2.45) is 0 Å². The molecule has 0 atom stereocenters. The van der Waals surface area contributed by atoms with Crippen molar-refractivity contribution in [3.63, 3.8) is 0 Å². The van der Waals surface area contributed by atoms with Crippen molar-refractivity contribution in [2.45, 2.75) is 33.2 Å². The highest BCUT2D eigenvalue weighted by molar-refractivity contribution is 6.05. The fourth-order valence-electron chi connectivity index (χ4n) is 2.91. The third-order valence-electron chi connectivity index (χ3n) is 4.43. The van der Waals surface area contributed by atoms with Gasteiger partial charge >= 0.3 is 0 Å². The lowest BCUT2D eigenvalue weighted by molar-refractivity contribution is 0.101. The quantitative estimate of drug-likeness (QED) is 0.711. The number of aromatic nitrogens is 1. The Hall–Kier alpha value is -3.02. The minimum Gasteiger partial charge on any atom is -0.321 e. The summed E-state index contributed by atoms with van der Waals surface area (Å²) in [5.74, 6) is -2.62. The van der Waals surface area contributed by atoms with E-state index in [-0.39, 0.29) is 16.5 Å². The van der Waals surface area contributed by atoms with Crippen LogP contribution in [0, 0.1) is 18.6 Å². The van der Waals surface area contributed by atoms with Crippen molar-refractivity contribution < 1.29 is 13.6 Å². The molecule has 0 spiro atoms. The fraction of sp³-hybridized carbons (Fsp3) is 0.238. The van der Waals surface area contributed by atoms with E-state index < -0.39 is 23.1 Å². The SMILES string of the molecule is CCCCn1c(C(=O)Nc2ccc(C)cc2)cc2cc(F)c(F)cc2c1=O. The van der Waals surface area contributed by atoms with Gasteiger partial charge in [0.15, 0.2) is 11.6 Å². The van der Waals surface area contributed by atoms with Crippen LogP contribution in [0.3, 0.4) is 0 Å². The number of nitrogens with zero attached hydrogens (tertiary/aromatic N) is 1. The van der Waals surface area contributed by atoms with Crippen LogP contribution in [0.25, 0.3) is 10.8 Å². The van der Waals surface area contributed by atoms with Crippen molar-refractivity contribution in [3.8, 4) is 0 Å². The van der Waals surface area contributed by atoms with Crippen LogP contribution in [-0.4, -0.2) is 10.5 Å². The number of rotatable bonds is 5. The van der Waals surface area contributed by atoms with E-state index in [0.29, 0.717) is 18.7 Å². The smallest absolute Gasteiger partial charge is 0.272 e. The van der Waals surface area contributed by atoms with E-state index in [4.69, 9.17) is 0 Å². The van der Waals surface area contributed by atoms with E-state index >= 15 is 0 Å². The van der Waals surface area contributed by atoms with Gasteiger partial charge in [-0.2, -0.15) is 0 Å². The Bertz CT molecular complexity index is 1060. The number of nitrogens with one attached hydrogen (secondary N) is 1. The molecule has 1 heterocycles. The Morgan fingerprint density at radius 1 is 1.07 bits per heavy atom. The third-order valence-corrected chi connectivity index (χ3v) is 4.43. The second-order valence-corrected chi connectivity index (χ2v) is 6.51. The Morgan fingerprint density at radius 2 is 1.74 bits per heavy atom. The topological polar surface area (TPSA) is 51.1 Å². The normalized spacial score (nSPS) is 11.0. The molecule has 0 unspecified atom stereocenters. The first kappa shape index (κ1) is 18.8. The Balaban J connectivity index is 2.10. The third kappa shape index (κ3) is 3.89. The number of fused-ring (bicyclic) bond motifs is 1. The number of unbranched alkanes of at least 4 members (excludes halogenated alkanes) is 1. The highest BCUT2D eigenvalue weighted by Gasteiger charge is 2.17. The second-order valence-electron chi connectivity index (χ2n) is 6.51. The molecule has 1 aromatic heterocycles. The molecule has 0 aliphatic carbocycles. The van der Waals surface area contributed by atoms with Gasteiger partial charge in [-0.3, -0.25) is 9.59 Å². The molecular formula is C21H20F2N2O2. The molecule has 0 saturated carbocycles. The largest absolute Gasteiger partial charge is 0.321 e. The van der Waals surface area contributed by atoms with E-state index in [2.05, 4.69) is 5.32 Å². The molecule has 1 N–H and O–H groups in total. The fourth-order valence-corrected chi connectivity index (χ4v) is 2.91. The van der Waals surface area contributed by atoms with Crippen molar-refractivity contribution in [1.29, 1.82) is 0 Å². The minimum absolute atomic E-state index is 0.0527. The molecule has 0 saturated heterocycles. The Kier molecular flexibility index (Phi) is 5.35. The van der Waals surface area contributed by atoms with Crippen molar-refractivity contribution in [2.75, 3.05) is 5.32 Å². The van der Waals surface area contributed by atoms with E-state index in [1.54, 1.807) is 12.1 Å². The van der Waals surface area contributed by atoms with Gasteiger partial charge < -0.3 is 9.88 Å². The molecule has 4 nitrogen and oxygen atoms in total. The molecule has 0 fully saturated rings. The predicted molar refractivity (Wildman–Crippen MR) is 102 cm³/mol. The van der Waals surface area contributed by atoms with Crippen LogP contribution in [0.15, 0.2) is 47.3 Å². The monoisotopic (exact) mass is 370 g/mol. The Labute approximate surface area is 155 Å². The molecule has 1 amide bonds. The summed E-state index contributed by atoms with van der Waals surface area (Å²) in [5, 5.41) is 3.00. The lowest BCUT2D eigenvalue weighted by Gasteiger charge is -2.14. The molecule has 140 valence electrons. The van der Waals surface area contributed by atoms with Crippen LogP contribution >= 0.6 is 0 Å². The highest BCUT2D eigenvalue weighted by Crippen LogP contribution is 2.19. The van der Waals surface area contributed by atoms with Gasteiger partial charge in [0, 0.05) is 12.2 Å². The summed E-state index contributed by atoms with van der Waals surface area (Å²) in [6, 6.07) is 10.5. The first-order valence-electron chi connectivity index (χ1n) is 8.81. The van der Waals surface area contributed by atoms with E-state index in [1.807, 2.05) is 26.0 Å². The number of carbonyl (C=O) groups is 1. The lowest BCUT2D eigenvalue weighted by Crippen LogP contribution is -2.29. The zero-order valence-corrected chi connectivity index (χ0v) is 15.2. The molecule has 2 aromatic carbocycles. The summed E-state index contributed by atoms with van der Waals surface area (Å²) in [5.41, 5.74) is 1.25. The average Bonchev–Trinajstić information content (AvgIpc) is 2.64. The summed E-state index contributed by atoms with van der Waals surface area (Å²) >= 11 is 0. The van der Waals surface area contributed by atoms with Crippen LogP contribution in [0.1, 0.15) is 35.8 Å². The summed E-state index contributed by atoms with van der Waals surface area (Å²) in [4.78, 5) is 25.6. The second kappa shape index (κ2) is 7.70. The first-order valence-corrected chi connectivity index (χ1v) is 8.81. The van der Waals surface area contributed by atoms with Crippen LogP contribution in [0.2, 0.25) is 0 Å².